The van der Waals surface area contributed by atoms with E-state index in [0.717, 1.165) is 25.7 Å². The molecule has 0 spiro atoms. The van der Waals surface area contributed by atoms with Crippen LogP contribution in [0, 0.1) is 5.92 Å². The van der Waals surface area contributed by atoms with E-state index >= 15 is 0 Å². The molecular weight excluding hydrogens is 204 g/mol. The van der Waals surface area contributed by atoms with Crippen molar-refractivity contribution in [2.45, 2.75) is 57.7 Å². The molecule has 1 atom stereocenters. The summed E-state index contributed by atoms with van der Waals surface area (Å²) < 4.78 is 4.81. The molecule has 4 nitrogen and oxygen atoms in total. The Kier molecular flexibility index (Phi) is 5.22. The number of methoxy groups -OCH3 is 1. The van der Waals surface area contributed by atoms with Crippen molar-refractivity contribution in [3.63, 3.8) is 0 Å². The van der Waals surface area contributed by atoms with Gasteiger partial charge in [-0.3, -0.25) is 4.79 Å². The third-order valence-corrected chi connectivity index (χ3v) is 3.31. The molecule has 0 aliphatic heterocycles. The summed E-state index contributed by atoms with van der Waals surface area (Å²) in [4.78, 5) is 11.6. The van der Waals surface area contributed by atoms with E-state index in [2.05, 4.69) is 5.32 Å². The third kappa shape index (κ3) is 3.76. The topological polar surface area (TPSA) is 64.3 Å². The van der Waals surface area contributed by atoms with E-state index in [9.17, 15) is 4.79 Å². The van der Waals surface area contributed by atoms with Gasteiger partial charge in [-0.25, -0.2) is 0 Å². The van der Waals surface area contributed by atoms with Gasteiger partial charge in [0.1, 0.15) is 6.04 Å². The van der Waals surface area contributed by atoms with Gasteiger partial charge in [-0.1, -0.05) is 13.8 Å². The SMILES string of the molecule is COC(=O)C(NC1CCC(N)CC1)C(C)C. The summed E-state index contributed by atoms with van der Waals surface area (Å²) in [5.41, 5.74) is 5.85. The maximum Gasteiger partial charge on any atom is 0.323 e. The van der Waals surface area contributed by atoms with Crippen LogP contribution in [0.3, 0.4) is 0 Å². The number of hydrogen-bond donors (Lipinski definition) is 2. The van der Waals surface area contributed by atoms with E-state index in [-0.39, 0.29) is 17.9 Å². The predicted octanol–water partition coefficient (Wildman–Crippen LogP) is 1.04. The van der Waals surface area contributed by atoms with Crippen molar-refractivity contribution >= 4 is 5.97 Å². The smallest absolute Gasteiger partial charge is 0.323 e. The second kappa shape index (κ2) is 6.21. The summed E-state index contributed by atoms with van der Waals surface area (Å²) in [7, 11) is 1.44. The lowest BCUT2D eigenvalue weighted by molar-refractivity contribution is -0.144. The second-order valence-electron chi connectivity index (χ2n) is 5.02. The fraction of sp³-hybridized carbons (Fsp3) is 0.917. The van der Waals surface area contributed by atoms with Crippen LogP contribution in [0.1, 0.15) is 39.5 Å². The van der Waals surface area contributed by atoms with Gasteiger partial charge in [0.05, 0.1) is 7.11 Å². The van der Waals surface area contributed by atoms with Crippen LogP contribution in [0.15, 0.2) is 0 Å². The molecule has 0 aromatic carbocycles. The average molecular weight is 228 g/mol. The van der Waals surface area contributed by atoms with E-state index in [1.54, 1.807) is 0 Å². The first-order chi connectivity index (χ1) is 7.54. The zero-order valence-corrected chi connectivity index (χ0v) is 10.5. The molecule has 0 aromatic heterocycles. The number of ether oxygens (including phenoxy) is 1. The summed E-state index contributed by atoms with van der Waals surface area (Å²) in [6, 6.07) is 0.560. The van der Waals surface area contributed by atoms with Crippen LogP contribution in [0.5, 0.6) is 0 Å². The second-order valence-corrected chi connectivity index (χ2v) is 5.02. The first kappa shape index (κ1) is 13.5. The zero-order valence-electron chi connectivity index (χ0n) is 10.5. The standard InChI is InChI=1S/C12H24N2O2/c1-8(2)11(12(15)16-3)14-10-6-4-9(13)5-7-10/h8-11,14H,4-7,13H2,1-3H3. The number of rotatable bonds is 4. The molecule has 0 bridgehead atoms. The average Bonchev–Trinajstić information content (AvgIpc) is 2.27. The Hall–Kier alpha value is -0.610. The quantitative estimate of drug-likeness (QED) is 0.706. The molecule has 0 radical (unpaired) electrons. The van der Waals surface area contributed by atoms with Gasteiger partial charge in [0, 0.05) is 12.1 Å². The van der Waals surface area contributed by atoms with Gasteiger partial charge in [0.2, 0.25) is 0 Å². The molecule has 1 unspecified atom stereocenters. The van der Waals surface area contributed by atoms with Crippen molar-refractivity contribution < 1.29 is 9.53 Å². The first-order valence-corrected chi connectivity index (χ1v) is 6.14. The molecule has 94 valence electrons. The molecule has 16 heavy (non-hydrogen) atoms. The van der Waals surface area contributed by atoms with Gasteiger partial charge < -0.3 is 15.8 Å². The monoisotopic (exact) mass is 228 g/mol. The molecule has 1 aliphatic rings. The lowest BCUT2D eigenvalue weighted by atomic mass is 9.90. The highest BCUT2D eigenvalue weighted by Crippen LogP contribution is 2.18. The van der Waals surface area contributed by atoms with Gasteiger partial charge in [0.25, 0.3) is 0 Å². The highest BCUT2D eigenvalue weighted by molar-refractivity contribution is 5.75. The van der Waals surface area contributed by atoms with Crippen LogP contribution in [0.2, 0.25) is 0 Å². The summed E-state index contributed by atoms with van der Waals surface area (Å²) >= 11 is 0. The zero-order chi connectivity index (χ0) is 12.1. The molecule has 0 saturated heterocycles. The Morgan fingerprint density at radius 2 is 1.88 bits per heavy atom. The van der Waals surface area contributed by atoms with Crippen molar-refractivity contribution in [2.24, 2.45) is 11.7 Å². The lowest BCUT2D eigenvalue weighted by Gasteiger charge is -2.31. The Balaban J connectivity index is 2.45. The van der Waals surface area contributed by atoms with E-state index in [1.807, 2.05) is 13.8 Å². The van der Waals surface area contributed by atoms with Crippen molar-refractivity contribution in [3.05, 3.63) is 0 Å². The fourth-order valence-electron chi connectivity index (χ4n) is 2.20. The Morgan fingerprint density at radius 3 is 2.31 bits per heavy atom. The van der Waals surface area contributed by atoms with Crippen molar-refractivity contribution in [2.75, 3.05) is 7.11 Å². The Labute approximate surface area is 97.9 Å². The summed E-state index contributed by atoms with van der Waals surface area (Å²) in [6.07, 6.45) is 4.20. The summed E-state index contributed by atoms with van der Waals surface area (Å²) in [5.74, 6) is 0.0907. The highest BCUT2D eigenvalue weighted by Gasteiger charge is 2.27. The van der Waals surface area contributed by atoms with Gasteiger partial charge in [0.15, 0.2) is 0 Å². The number of carbonyl (C=O) groups excluding carboxylic acids is 1. The largest absolute Gasteiger partial charge is 0.468 e. The van der Waals surface area contributed by atoms with Crippen LogP contribution >= 0.6 is 0 Å². The van der Waals surface area contributed by atoms with Gasteiger partial charge in [-0.15, -0.1) is 0 Å². The van der Waals surface area contributed by atoms with E-state index < -0.39 is 0 Å². The van der Waals surface area contributed by atoms with Crippen molar-refractivity contribution in [3.8, 4) is 0 Å². The normalized spacial score (nSPS) is 27.8. The highest BCUT2D eigenvalue weighted by atomic mass is 16.5. The summed E-state index contributed by atoms with van der Waals surface area (Å²) in [6.45, 7) is 4.06. The molecule has 0 amide bonds. The predicted molar refractivity (Wildman–Crippen MR) is 64.0 cm³/mol. The number of carbonyl (C=O) groups is 1. The van der Waals surface area contributed by atoms with Crippen molar-refractivity contribution in [1.29, 1.82) is 0 Å². The molecule has 1 rings (SSSR count). The number of hydrogen-bond acceptors (Lipinski definition) is 4. The maximum absolute atomic E-state index is 11.6. The van der Waals surface area contributed by atoms with Crippen LogP contribution in [0.4, 0.5) is 0 Å². The maximum atomic E-state index is 11.6. The van der Waals surface area contributed by atoms with Gasteiger partial charge in [-0.2, -0.15) is 0 Å². The molecule has 1 aliphatic carbocycles. The van der Waals surface area contributed by atoms with E-state index in [1.165, 1.54) is 7.11 Å². The van der Waals surface area contributed by atoms with Crippen LogP contribution < -0.4 is 11.1 Å². The number of esters is 1. The van der Waals surface area contributed by atoms with E-state index in [4.69, 9.17) is 10.5 Å². The van der Waals surface area contributed by atoms with Gasteiger partial charge >= 0.3 is 5.97 Å². The van der Waals surface area contributed by atoms with Crippen LogP contribution in [-0.4, -0.2) is 31.2 Å². The molecule has 1 fully saturated rings. The Bertz CT molecular complexity index is 223. The molecule has 3 N–H and O–H groups in total. The van der Waals surface area contributed by atoms with Crippen LogP contribution in [0.25, 0.3) is 0 Å². The molecule has 4 heteroatoms. The summed E-state index contributed by atoms with van der Waals surface area (Å²) in [5, 5.41) is 3.40. The lowest BCUT2D eigenvalue weighted by Crippen LogP contribution is -2.49. The minimum Gasteiger partial charge on any atom is -0.468 e. The number of nitrogens with one attached hydrogen (secondary N) is 1. The minimum atomic E-state index is -0.190. The number of nitrogens with two attached hydrogens (primary N) is 1. The third-order valence-electron chi connectivity index (χ3n) is 3.31. The molecule has 1 saturated carbocycles. The Morgan fingerprint density at radius 1 is 1.31 bits per heavy atom. The molecule has 0 aromatic rings. The van der Waals surface area contributed by atoms with E-state index in [0.29, 0.717) is 12.1 Å². The fourth-order valence-corrected chi connectivity index (χ4v) is 2.20. The molecular formula is C12H24N2O2. The van der Waals surface area contributed by atoms with Crippen molar-refractivity contribution in [1.82, 2.24) is 5.32 Å². The minimum absolute atomic E-state index is 0.162. The first-order valence-electron chi connectivity index (χ1n) is 6.14. The van der Waals surface area contributed by atoms with Crippen LogP contribution in [-0.2, 0) is 9.53 Å². The van der Waals surface area contributed by atoms with Gasteiger partial charge in [-0.05, 0) is 31.6 Å². The molecule has 0 heterocycles.